The van der Waals surface area contributed by atoms with Gasteiger partial charge in [0.05, 0.1) is 11.0 Å². The van der Waals surface area contributed by atoms with E-state index in [1.807, 2.05) is 0 Å². The molecule has 0 radical (unpaired) electrons. The van der Waals surface area contributed by atoms with Crippen LogP contribution >= 0.6 is 0 Å². The topological polar surface area (TPSA) is 85.1 Å². The van der Waals surface area contributed by atoms with Crippen LogP contribution in [0.5, 0.6) is 0 Å². The largest absolute Gasteiger partial charge is 0.449 e. The Bertz CT molecular complexity index is 1790. The van der Waals surface area contributed by atoms with Crippen molar-refractivity contribution in [2.75, 3.05) is 32.7 Å². The second kappa shape index (κ2) is 13.9. The van der Waals surface area contributed by atoms with Crippen molar-refractivity contribution in [3.05, 3.63) is 70.1 Å². The highest BCUT2D eigenvalue weighted by Gasteiger charge is 2.91. The van der Waals surface area contributed by atoms with Crippen LogP contribution < -0.4 is 5.73 Å². The number of hydrogen-bond acceptors (Lipinski definition) is 7. The average Bonchev–Trinajstić information content (AvgIpc) is 3.63. The zero-order chi connectivity index (χ0) is 37.5. The van der Waals surface area contributed by atoms with E-state index in [0.29, 0.717) is 36.3 Å². The summed E-state index contributed by atoms with van der Waals surface area (Å²) in [5.41, 5.74) is 9.17. The standard InChI is InChI=1S/C48H65N3O4/c1-3-9-41-46-26-36-21-22-47(46,48(41)39-14-7-12-35(13-8-23-49)43(39)44(52)55-48)42(54-45(46)53)20-18-37(17-16-32-10-5-4-6-11-32)50-27-33-25-34(28-50)30-51(29-33)40-19-15-31(2)24-38(36)40/h7,12,14,19-20,26,31-34,37-38,41H,3-6,8-11,13,15-18,21-25,27-30,49H2,1-2H3/b42-20+/t31-,33-,34+,37+,38-,41-,46-,47+,48+/m0/s1. The quantitative estimate of drug-likeness (QED) is 0.210. The maximum Gasteiger partial charge on any atom is 0.339 e. The summed E-state index contributed by atoms with van der Waals surface area (Å²) in [6, 6.07) is 6.77. The Morgan fingerprint density at radius 1 is 0.945 bits per heavy atom. The fraction of sp³-hybridized carbons (Fsp3) is 0.708. The van der Waals surface area contributed by atoms with Crippen LogP contribution in [-0.2, 0) is 26.3 Å². The molecule has 1 aromatic rings. The first-order valence-corrected chi connectivity index (χ1v) is 22.7. The van der Waals surface area contributed by atoms with E-state index in [-0.39, 0.29) is 17.9 Å². The molecule has 3 saturated heterocycles. The first-order valence-electron chi connectivity index (χ1n) is 22.7. The summed E-state index contributed by atoms with van der Waals surface area (Å²) < 4.78 is 13.8. The Labute approximate surface area is 329 Å². The lowest BCUT2D eigenvalue weighted by Crippen LogP contribution is -2.75. The first-order chi connectivity index (χ1) is 26.8. The number of fused-ring (bicyclic) bond motifs is 2. The summed E-state index contributed by atoms with van der Waals surface area (Å²) in [5, 5.41) is 0. The molecule has 8 bridgehead atoms. The summed E-state index contributed by atoms with van der Waals surface area (Å²) in [5.74, 6) is 3.43. The van der Waals surface area contributed by atoms with Gasteiger partial charge in [0, 0.05) is 55.3 Å². The molecule has 7 nitrogen and oxygen atoms in total. The lowest BCUT2D eigenvalue weighted by atomic mass is 9.31. The van der Waals surface area contributed by atoms with E-state index in [9.17, 15) is 4.79 Å². The predicted molar refractivity (Wildman–Crippen MR) is 215 cm³/mol. The molecule has 4 aliphatic carbocycles. The minimum Gasteiger partial charge on any atom is -0.449 e. The fourth-order valence-electron chi connectivity index (χ4n) is 14.5. The van der Waals surface area contributed by atoms with Crippen LogP contribution in [0.4, 0.5) is 0 Å². The van der Waals surface area contributed by atoms with Crippen molar-refractivity contribution in [2.24, 2.45) is 52.1 Å². The summed E-state index contributed by atoms with van der Waals surface area (Å²) in [4.78, 5) is 35.2. The molecule has 2 saturated carbocycles. The number of carbonyl (C=O) groups is 2. The molecule has 13 rings (SSSR count). The van der Waals surface area contributed by atoms with Crippen LogP contribution in [0.15, 0.2) is 53.5 Å². The van der Waals surface area contributed by atoms with Gasteiger partial charge in [0.15, 0.2) is 5.60 Å². The van der Waals surface area contributed by atoms with Gasteiger partial charge < -0.3 is 20.1 Å². The van der Waals surface area contributed by atoms with Crippen LogP contribution in [0.3, 0.4) is 0 Å². The molecule has 0 aromatic heterocycles. The van der Waals surface area contributed by atoms with E-state index >= 15 is 4.79 Å². The maximum atomic E-state index is 15.1. The lowest BCUT2D eigenvalue weighted by Gasteiger charge is -2.69. The number of nitrogens with zero attached hydrogens (tertiary/aromatic N) is 2. The summed E-state index contributed by atoms with van der Waals surface area (Å²) in [6.45, 7) is 9.84. The molecule has 2 N–H and O–H groups in total. The SMILES string of the molecule is CCC[C@@H]1[C@@]2(OC(=O)c3c(CCCN)cccc32)[C@@]23CCC4=C[C@@]12C(=O)O/C3=C/C[C@@H](CCC1CCCCC1)N1C[C@@H]2C[C@@H](CN(C2)C2=CC[C@H](C)C[C@@H]42)C1. The van der Waals surface area contributed by atoms with Gasteiger partial charge >= 0.3 is 11.9 Å². The van der Waals surface area contributed by atoms with Gasteiger partial charge in [-0.2, -0.15) is 0 Å². The molecule has 1 aromatic carbocycles. The summed E-state index contributed by atoms with van der Waals surface area (Å²) >= 11 is 0. The van der Waals surface area contributed by atoms with Crippen LogP contribution in [0.2, 0.25) is 0 Å². The fourth-order valence-corrected chi connectivity index (χ4v) is 14.5. The number of piperidine rings is 2. The summed E-state index contributed by atoms with van der Waals surface area (Å²) in [6.07, 6.45) is 26.2. The number of aryl methyl sites for hydroxylation is 1. The van der Waals surface area contributed by atoms with E-state index in [1.165, 1.54) is 62.6 Å². The molecule has 5 fully saturated rings. The number of carbonyl (C=O) groups excluding carboxylic acids is 2. The van der Waals surface area contributed by atoms with E-state index in [4.69, 9.17) is 15.2 Å². The molecule has 296 valence electrons. The number of ether oxygens (including phenoxy) is 2. The minimum atomic E-state index is -0.931. The molecular weight excluding hydrogens is 683 g/mol. The van der Waals surface area contributed by atoms with Crippen molar-refractivity contribution < 1.29 is 19.1 Å². The third kappa shape index (κ3) is 5.26. The Hall–Kier alpha value is -2.90. The molecule has 8 heterocycles. The monoisotopic (exact) mass is 747 g/mol. The lowest BCUT2D eigenvalue weighted by molar-refractivity contribution is -0.271. The Morgan fingerprint density at radius 3 is 2.55 bits per heavy atom. The number of hydrogen-bond donors (Lipinski definition) is 1. The van der Waals surface area contributed by atoms with Gasteiger partial charge in [-0.25, -0.2) is 4.79 Å². The highest BCUT2D eigenvalue weighted by Crippen LogP contribution is 2.84. The predicted octanol–water partition coefficient (Wildman–Crippen LogP) is 8.82. The summed E-state index contributed by atoms with van der Waals surface area (Å²) in [7, 11) is 0. The van der Waals surface area contributed by atoms with Gasteiger partial charge in [-0.15, -0.1) is 0 Å². The highest BCUT2D eigenvalue weighted by molar-refractivity contribution is 5.99. The van der Waals surface area contributed by atoms with Gasteiger partial charge in [0.2, 0.25) is 0 Å². The van der Waals surface area contributed by atoms with Gasteiger partial charge in [-0.05, 0) is 112 Å². The Balaban J connectivity index is 1.15. The van der Waals surface area contributed by atoms with E-state index in [0.717, 1.165) is 112 Å². The second-order valence-corrected chi connectivity index (χ2v) is 19.7. The average molecular weight is 748 g/mol. The van der Waals surface area contributed by atoms with Gasteiger partial charge in [-0.1, -0.05) is 88.3 Å². The number of benzene rings is 1. The van der Waals surface area contributed by atoms with Crippen molar-refractivity contribution in [1.29, 1.82) is 0 Å². The zero-order valence-electron chi connectivity index (χ0n) is 33.7. The van der Waals surface area contributed by atoms with E-state index in [1.54, 1.807) is 0 Å². The number of rotatable bonds is 8. The van der Waals surface area contributed by atoms with E-state index < -0.39 is 16.4 Å². The normalized spacial score (nSPS) is 41.3. The first kappa shape index (κ1) is 36.4. The van der Waals surface area contributed by atoms with Crippen molar-refractivity contribution in [2.45, 2.75) is 135 Å². The third-order valence-corrected chi connectivity index (χ3v) is 16.7. The van der Waals surface area contributed by atoms with Crippen LogP contribution in [-0.4, -0.2) is 60.5 Å². The van der Waals surface area contributed by atoms with Gasteiger partial charge in [0.1, 0.15) is 11.2 Å². The number of nitrogens with two attached hydrogens (primary N) is 1. The van der Waals surface area contributed by atoms with Crippen molar-refractivity contribution in [3.8, 4) is 0 Å². The van der Waals surface area contributed by atoms with Crippen LogP contribution in [0.1, 0.15) is 138 Å². The molecule has 2 spiro atoms. The molecule has 8 aliphatic heterocycles. The molecule has 1 unspecified atom stereocenters. The molecule has 55 heavy (non-hydrogen) atoms. The van der Waals surface area contributed by atoms with Crippen molar-refractivity contribution >= 4 is 11.9 Å². The number of allylic oxidation sites excluding steroid dienone is 2. The van der Waals surface area contributed by atoms with Gasteiger partial charge in [-0.3, -0.25) is 9.69 Å². The van der Waals surface area contributed by atoms with Crippen molar-refractivity contribution in [1.82, 2.24) is 9.80 Å². The second-order valence-electron chi connectivity index (χ2n) is 19.7. The third-order valence-electron chi connectivity index (χ3n) is 16.7. The van der Waals surface area contributed by atoms with Crippen LogP contribution in [0, 0.1) is 46.3 Å². The molecule has 0 amide bonds. The minimum absolute atomic E-state index is 0.105. The number of esters is 2. The Kier molecular flexibility index (Phi) is 9.20. The van der Waals surface area contributed by atoms with Gasteiger partial charge in [0.25, 0.3) is 0 Å². The Morgan fingerprint density at radius 2 is 1.76 bits per heavy atom. The zero-order valence-corrected chi connectivity index (χ0v) is 33.7. The highest BCUT2D eigenvalue weighted by atomic mass is 16.6. The molecule has 10 atom stereocenters. The van der Waals surface area contributed by atoms with Crippen molar-refractivity contribution in [3.63, 3.8) is 0 Å². The van der Waals surface area contributed by atoms with E-state index in [2.05, 4.69) is 60.1 Å². The molecule has 7 heteroatoms. The molecular formula is C48H65N3O4. The maximum absolute atomic E-state index is 15.1. The smallest absolute Gasteiger partial charge is 0.339 e. The van der Waals surface area contributed by atoms with Crippen LogP contribution in [0.25, 0.3) is 0 Å². The molecule has 12 aliphatic rings.